The SMILES string of the molecule is OC[C@H]1O[C@@H]1C=C=CC#CC#Cc1ccccc1. The van der Waals surface area contributed by atoms with Crippen molar-refractivity contribution in [2.24, 2.45) is 0 Å². The molecule has 2 rings (SSSR count). The molecule has 1 saturated heterocycles. The minimum absolute atomic E-state index is 0.0107. The third-order valence-corrected chi connectivity index (χ3v) is 2.33. The van der Waals surface area contributed by atoms with E-state index in [-0.39, 0.29) is 18.8 Å². The van der Waals surface area contributed by atoms with Gasteiger partial charge in [-0.05, 0) is 30.0 Å². The zero-order valence-corrected chi connectivity index (χ0v) is 9.76. The minimum atomic E-state index is -0.0586. The van der Waals surface area contributed by atoms with Gasteiger partial charge in [-0.2, -0.15) is 0 Å². The van der Waals surface area contributed by atoms with Gasteiger partial charge in [-0.1, -0.05) is 30.0 Å². The molecule has 0 spiro atoms. The maximum Gasteiger partial charge on any atom is 0.112 e. The van der Waals surface area contributed by atoms with E-state index in [9.17, 15) is 0 Å². The fourth-order valence-corrected chi connectivity index (χ4v) is 1.33. The van der Waals surface area contributed by atoms with E-state index >= 15 is 0 Å². The Balaban J connectivity index is 1.83. The van der Waals surface area contributed by atoms with Crippen molar-refractivity contribution in [3.63, 3.8) is 0 Å². The third-order valence-electron chi connectivity index (χ3n) is 2.33. The van der Waals surface area contributed by atoms with Crippen molar-refractivity contribution >= 4 is 0 Å². The average molecular weight is 236 g/mol. The third kappa shape index (κ3) is 3.98. The number of benzene rings is 1. The molecule has 2 atom stereocenters. The maximum absolute atomic E-state index is 8.73. The van der Waals surface area contributed by atoms with E-state index in [1.54, 1.807) is 12.2 Å². The van der Waals surface area contributed by atoms with Gasteiger partial charge in [0.1, 0.15) is 12.2 Å². The molecule has 1 aromatic carbocycles. The van der Waals surface area contributed by atoms with E-state index in [0.717, 1.165) is 5.56 Å². The molecular formula is C16H12O2. The fraction of sp³-hybridized carbons (Fsp3) is 0.188. The number of hydrogen-bond donors (Lipinski definition) is 1. The zero-order chi connectivity index (χ0) is 12.6. The topological polar surface area (TPSA) is 32.8 Å². The normalized spacial score (nSPS) is 19.4. The quantitative estimate of drug-likeness (QED) is 0.479. The minimum Gasteiger partial charge on any atom is -0.394 e. The number of epoxide rings is 1. The first kappa shape index (κ1) is 12.2. The highest BCUT2D eigenvalue weighted by Crippen LogP contribution is 2.21. The first-order chi connectivity index (χ1) is 8.90. The Morgan fingerprint density at radius 3 is 2.78 bits per heavy atom. The molecule has 2 nitrogen and oxygen atoms in total. The van der Waals surface area contributed by atoms with Crippen LogP contribution >= 0.6 is 0 Å². The maximum atomic E-state index is 8.73. The van der Waals surface area contributed by atoms with Crippen LogP contribution in [0.25, 0.3) is 0 Å². The number of rotatable bonds is 2. The monoisotopic (exact) mass is 236 g/mol. The lowest BCUT2D eigenvalue weighted by molar-refractivity contribution is 0.243. The van der Waals surface area contributed by atoms with Crippen molar-refractivity contribution in [3.05, 3.63) is 53.8 Å². The molecule has 88 valence electrons. The molecule has 1 aromatic rings. The van der Waals surface area contributed by atoms with Gasteiger partial charge in [-0.15, -0.1) is 5.73 Å². The second-order valence-corrected chi connectivity index (χ2v) is 3.68. The van der Waals surface area contributed by atoms with Crippen LogP contribution in [0.3, 0.4) is 0 Å². The summed E-state index contributed by atoms with van der Waals surface area (Å²) in [7, 11) is 0. The summed E-state index contributed by atoms with van der Waals surface area (Å²) >= 11 is 0. The van der Waals surface area contributed by atoms with Crippen LogP contribution in [0.1, 0.15) is 5.56 Å². The van der Waals surface area contributed by atoms with Crippen LogP contribution < -0.4 is 0 Å². The van der Waals surface area contributed by atoms with Crippen molar-refractivity contribution in [2.75, 3.05) is 6.61 Å². The number of ether oxygens (including phenoxy) is 1. The van der Waals surface area contributed by atoms with Crippen molar-refractivity contribution in [3.8, 4) is 23.7 Å². The number of aliphatic hydroxyl groups excluding tert-OH is 1. The average Bonchev–Trinajstić information content (AvgIpc) is 3.17. The van der Waals surface area contributed by atoms with Crippen LogP contribution in [0.4, 0.5) is 0 Å². The summed E-state index contributed by atoms with van der Waals surface area (Å²) in [5.74, 6) is 11.2. The summed E-state index contributed by atoms with van der Waals surface area (Å²) in [4.78, 5) is 0. The van der Waals surface area contributed by atoms with Gasteiger partial charge in [-0.25, -0.2) is 0 Å². The summed E-state index contributed by atoms with van der Waals surface area (Å²) in [6.45, 7) is 0.0527. The van der Waals surface area contributed by atoms with Gasteiger partial charge in [0.05, 0.1) is 6.61 Å². The molecule has 0 amide bonds. The molecule has 1 heterocycles. The Morgan fingerprint density at radius 2 is 2.06 bits per heavy atom. The smallest absolute Gasteiger partial charge is 0.112 e. The van der Waals surface area contributed by atoms with Crippen molar-refractivity contribution < 1.29 is 9.84 Å². The standard InChI is InChI=1S/C16H12O2/c17-13-16-15(18-16)12-8-3-1-2-5-9-14-10-6-4-7-11-14/h3-4,6-7,10-12,15-17H,13H2/t8?,15-,16-/m1/s1. The molecule has 0 aliphatic carbocycles. The zero-order valence-electron chi connectivity index (χ0n) is 9.76. The van der Waals surface area contributed by atoms with Crippen molar-refractivity contribution in [1.29, 1.82) is 0 Å². The van der Waals surface area contributed by atoms with Gasteiger partial charge in [0.15, 0.2) is 0 Å². The first-order valence-electron chi connectivity index (χ1n) is 5.64. The van der Waals surface area contributed by atoms with Gasteiger partial charge in [0.2, 0.25) is 0 Å². The molecule has 1 aliphatic rings. The van der Waals surface area contributed by atoms with Gasteiger partial charge in [-0.3, -0.25) is 0 Å². The summed E-state index contributed by atoms with van der Waals surface area (Å²) in [5.41, 5.74) is 3.83. The molecule has 1 aliphatic heterocycles. The summed E-state index contributed by atoms with van der Waals surface area (Å²) < 4.78 is 5.09. The Bertz CT molecular complexity index is 572. The van der Waals surface area contributed by atoms with E-state index in [4.69, 9.17) is 9.84 Å². The van der Waals surface area contributed by atoms with E-state index in [1.807, 2.05) is 30.3 Å². The van der Waals surface area contributed by atoms with Gasteiger partial charge in [0.25, 0.3) is 0 Å². The van der Waals surface area contributed by atoms with Gasteiger partial charge < -0.3 is 9.84 Å². The van der Waals surface area contributed by atoms with E-state index in [1.165, 1.54) is 0 Å². The second kappa shape index (κ2) is 6.50. The predicted octanol–water partition coefficient (Wildman–Crippen LogP) is 1.51. The highest BCUT2D eigenvalue weighted by Gasteiger charge is 2.35. The van der Waals surface area contributed by atoms with E-state index in [0.29, 0.717) is 0 Å². The Morgan fingerprint density at radius 1 is 1.22 bits per heavy atom. The lowest BCUT2D eigenvalue weighted by atomic mass is 10.2. The number of hydrogen-bond acceptors (Lipinski definition) is 2. The van der Waals surface area contributed by atoms with Crippen molar-refractivity contribution in [1.82, 2.24) is 0 Å². The van der Waals surface area contributed by atoms with Crippen LogP contribution in [0.2, 0.25) is 0 Å². The Hall–Kier alpha value is -2.22. The molecule has 2 heteroatoms. The predicted molar refractivity (Wildman–Crippen MR) is 69.5 cm³/mol. The molecule has 0 aromatic heterocycles. The molecule has 0 bridgehead atoms. The molecule has 18 heavy (non-hydrogen) atoms. The summed E-state index contributed by atoms with van der Waals surface area (Å²) in [6, 6.07) is 9.69. The lowest BCUT2D eigenvalue weighted by Crippen LogP contribution is -1.95. The largest absolute Gasteiger partial charge is 0.394 e. The van der Waals surface area contributed by atoms with Crippen LogP contribution in [-0.2, 0) is 4.74 Å². The molecule has 1 N–H and O–H groups in total. The first-order valence-corrected chi connectivity index (χ1v) is 5.64. The molecule has 0 unspecified atom stereocenters. The number of aliphatic hydroxyl groups is 1. The van der Waals surface area contributed by atoms with Crippen LogP contribution in [0, 0.1) is 23.7 Å². The second-order valence-electron chi connectivity index (χ2n) is 3.68. The van der Waals surface area contributed by atoms with Crippen LogP contribution in [0.15, 0.2) is 48.2 Å². The highest BCUT2D eigenvalue weighted by atomic mass is 16.6. The molecule has 1 fully saturated rings. The fourth-order valence-electron chi connectivity index (χ4n) is 1.33. The van der Waals surface area contributed by atoms with E-state index < -0.39 is 0 Å². The molecule has 0 radical (unpaired) electrons. The highest BCUT2D eigenvalue weighted by molar-refractivity contribution is 5.40. The molecule has 0 saturated carbocycles. The van der Waals surface area contributed by atoms with Crippen molar-refractivity contribution in [2.45, 2.75) is 12.2 Å². The Labute approximate surface area is 107 Å². The van der Waals surface area contributed by atoms with E-state index in [2.05, 4.69) is 29.4 Å². The van der Waals surface area contributed by atoms with Crippen LogP contribution in [0.5, 0.6) is 0 Å². The molecular weight excluding hydrogens is 224 g/mol. The lowest BCUT2D eigenvalue weighted by Gasteiger charge is -1.83. The van der Waals surface area contributed by atoms with Gasteiger partial charge in [0, 0.05) is 11.6 Å². The van der Waals surface area contributed by atoms with Crippen LogP contribution in [-0.4, -0.2) is 23.9 Å². The Kier molecular flexibility index (Phi) is 4.42. The van der Waals surface area contributed by atoms with Gasteiger partial charge >= 0.3 is 0 Å². The summed E-state index contributed by atoms with van der Waals surface area (Å²) in [5, 5.41) is 8.73. The summed E-state index contributed by atoms with van der Waals surface area (Å²) in [6.07, 6.45) is 3.27.